The van der Waals surface area contributed by atoms with Gasteiger partial charge in [0.2, 0.25) is 0 Å². The molecular formula is C13H17BClN3O2. The van der Waals surface area contributed by atoms with Crippen molar-refractivity contribution in [1.82, 2.24) is 14.6 Å². The smallest absolute Gasteiger partial charge is 0.399 e. The Labute approximate surface area is 123 Å². The SMILES string of the molecule is Cc1cc(Cl)n2ncc(B3OC(C)(C)C(C)(C)O3)c2n1. The van der Waals surface area contributed by atoms with Crippen molar-refractivity contribution in [3.63, 3.8) is 0 Å². The van der Waals surface area contributed by atoms with Gasteiger partial charge in [0.15, 0.2) is 5.65 Å². The van der Waals surface area contributed by atoms with Crippen molar-refractivity contribution in [2.24, 2.45) is 0 Å². The van der Waals surface area contributed by atoms with Crippen LogP contribution in [0.25, 0.3) is 5.65 Å². The number of fused-ring (bicyclic) bond motifs is 1. The summed E-state index contributed by atoms with van der Waals surface area (Å²) in [4.78, 5) is 4.49. The highest BCUT2D eigenvalue weighted by Crippen LogP contribution is 2.36. The highest BCUT2D eigenvalue weighted by molar-refractivity contribution is 6.64. The first kappa shape index (κ1) is 13.9. The number of hydrogen-bond donors (Lipinski definition) is 0. The van der Waals surface area contributed by atoms with E-state index >= 15 is 0 Å². The first-order valence-corrected chi connectivity index (χ1v) is 6.95. The third-order valence-electron chi connectivity index (χ3n) is 4.09. The monoisotopic (exact) mass is 293 g/mol. The van der Waals surface area contributed by atoms with Crippen molar-refractivity contribution in [3.05, 3.63) is 23.1 Å². The predicted molar refractivity (Wildman–Crippen MR) is 78.5 cm³/mol. The quantitative estimate of drug-likeness (QED) is 0.596. The van der Waals surface area contributed by atoms with Gasteiger partial charge in [-0.05, 0) is 40.7 Å². The maximum Gasteiger partial charge on any atom is 0.500 e. The van der Waals surface area contributed by atoms with Crippen LogP contribution in [0.3, 0.4) is 0 Å². The van der Waals surface area contributed by atoms with E-state index in [1.165, 1.54) is 0 Å². The highest BCUT2D eigenvalue weighted by atomic mass is 35.5. The number of hydrogen-bond acceptors (Lipinski definition) is 4. The van der Waals surface area contributed by atoms with Crippen molar-refractivity contribution in [1.29, 1.82) is 0 Å². The van der Waals surface area contributed by atoms with E-state index < -0.39 is 7.12 Å². The lowest BCUT2D eigenvalue weighted by Gasteiger charge is -2.32. The molecule has 0 radical (unpaired) electrons. The van der Waals surface area contributed by atoms with Gasteiger partial charge >= 0.3 is 7.12 Å². The van der Waals surface area contributed by atoms with Gasteiger partial charge in [-0.1, -0.05) is 11.6 Å². The molecule has 1 aliphatic rings. The molecule has 2 aromatic heterocycles. The summed E-state index contributed by atoms with van der Waals surface area (Å²) in [5.74, 6) is 0. The second kappa shape index (κ2) is 4.19. The molecule has 0 aliphatic carbocycles. The maximum absolute atomic E-state index is 6.17. The average molecular weight is 294 g/mol. The van der Waals surface area contributed by atoms with Crippen LogP contribution in [0.15, 0.2) is 12.3 Å². The Balaban J connectivity index is 2.09. The van der Waals surface area contributed by atoms with Crippen molar-refractivity contribution in [2.75, 3.05) is 0 Å². The summed E-state index contributed by atoms with van der Waals surface area (Å²) < 4.78 is 13.7. The lowest BCUT2D eigenvalue weighted by Crippen LogP contribution is -2.41. The average Bonchev–Trinajstić information content (AvgIpc) is 2.78. The van der Waals surface area contributed by atoms with Gasteiger partial charge in [-0.2, -0.15) is 5.10 Å². The summed E-state index contributed by atoms with van der Waals surface area (Å²) in [6.07, 6.45) is 1.70. The van der Waals surface area contributed by atoms with Gasteiger partial charge in [0.05, 0.1) is 17.4 Å². The zero-order valence-electron chi connectivity index (χ0n) is 12.3. The minimum Gasteiger partial charge on any atom is -0.399 e. The fourth-order valence-corrected chi connectivity index (χ4v) is 2.47. The Kier molecular flexibility index (Phi) is 2.91. The molecule has 0 spiro atoms. The highest BCUT2D eigenvalue weighted by Gasteiger charge is 2.52. The first-order valence-electron chi connectivity index (χ1n) is 6.58. The third kappa shape index (κ3) is 1.94. The molecule has 1 saturated heterocycles. The second-order valence-corrected chi connectivity index (χ2v) is 6.53. The number of aromatic nitrogens is 3. The van der Waals surface area contributed by atoms with Gasteiger partial charge in [-0.3, -0.25) is 0 Å². The van der Waals surface area contributed by atoms with E-state index in [1.54, 1.807) is 16.8 Å². The first-order chi connectivity index (χ1) is 9.21. The molecule has 0 atom stereocenters. The summed E-state index contributed by atoms with van der Waals surface area (Å²) in [5, 5.41) is 4.79. The van der Waals surface area contributed by atoms with Crippen LogP contribution in [0.2, 0.25) is 5.15 Å². The van der Waals surface area contributed by atoms with Gasteiger partial charge in [0.25, 0.3) is 0 Å². The van der Waals surface area contributed by atoms with E-state index in [0.717, 1.165) is 11.2 Å². The third-order valence-corrected chi connectivity index (χ3v) is 4.36. The van der Waals surface area contributed by atoms with Crippen LogP contribution in [0.1, 0.15) is 33.4 Å². The Hall–Kier alpha value is -1.11. The van der Waals surface area contributed by atoms with Crippen molar-refractivity contribution >= 4 is 29.8 Å². The zero-order chi connectivity index (χ0) is 14.7. The minimum atomic E-state index is -0.483. The molecule has 0 unspecified atom stereocenters. The summed E-state index contributed by atoms with van der Waals surface area (Å²) >= 11 is 6.17. The van der Waals surface area contributed by atoms with Crippen molar-refractivity contribution in [2.45, 2.75) is 45.8 Å². The lowest BCUT2D eigenvalue weighted by molar-refractivity contribution is 0.00578. The Morgan fingerprint density at radius 1 is 1.20 bits per heavy atom. The van der Waals surface area contributed by atoms with Gasteiger partial charge in [-0.25, -0.2) is 9.50 Å². The standard InChI is InChI=1S/C13H17BClN3O2/c1-8-6-10(15)18-11(17-8)9(7-16-18)14-19-12(2,3)13(4,5)20-14/h6-7H,1-5H3. The van der Waals surface area contributed by atoms with E-state index in [9.17, 15) is 0 Å². The molecule has 0 bridgehead atoms. The Morgan fingerprint density at radius 2 is 1.80 bits per heavy atom. The number of halogens is 1. The van der Waals surface area contributed by atoms with Crippen LogP contribution in [-0.2, 0) is 9.31 Å². The molecule has 2 aromatic rings. The van der Waals surface area contributed by atoms with Crippen LogP contribution < -0.4 is 5.46 Å². The number of nitrogens with zero attached hydrogens (tertiary/aromatic N) is 3. The molecule has 3 rings (SSSR count). The fraction of sp³-hybridized carbons (Fsp3) is 0.538. The normalized spacial score (nSPS) is 20.8. The minimum absolute atomic E-state index is 0.389. The molecule has 1 fully saturated rings. The van der Waals surface area contributed by atoms with Crippen LogP contribution in [0.5, 0.6) is 0 Å². The molecule has 20 heavy (non-hydrogen) atoms. The van der Waals surface area contributed by atoms with E-state index in [0.29, 0.717) is 10.8 Å². The predicted octanol–water partition coefficient (Wildman–Crippen LogP) is 1.99. The van der Waals surface area contributed by atoms with E-state index in [4.69, 9.17) is 20.9 Å². The summed E-state index contributed by atoms with van der Waals surface area (Å²) in [7, 11) is -0.483. The van der Waals surface area contributed by atoms with Gasteiger partial charge in [0.1, 0.15) is 5.15 Å². The molecule has 0 amide bonds. The number of rotatable bonds is 1. The van der Waals surface area contributed by atoms with Crippen molar-refractivity contribution < 1.29 is 9.31 Å². The summed E-state index contributed by atoms with van der Waals surface area (Å²) in [6, 6.07) is 1.77. The molecule has 7 heteroatoms. The van der Waals surface area contributed by atoms with Gasteiger partial charge in [-0.15, -0.1) is 0 Å². The lowest BCUT2D eigenvalue weighted by atomic mass is 9.81. The van der Waals surface area contributed by atoms with Crippen LogP contribution in [-0.4, -0.2) is 32.9 Å². The zero-order valence-corrected chi connectivity index (χ0v) is 13.0. The largest absolute Gasteiger partial charge is 0.500 e. The van der Waals surface area contributed by atoms with E-state index in [-0.39, 0.29) is 11.2 Å². The molecule has 5 nitrogen and oxygen atoms in total. The van der Waals surface area contributed by atoms with Crippen LogP contribution in [0, 0.1) is 6.92 Å². The van der Waals surface area contributed by atoms with Gasteiger partial charge in [0, 0.05) is 11.2 Å². The maximum atomic E-state index is 6.17. The molecule has 3 heterocycles. The van der Waals surface area contributed by atoms with E-state index in [1.807, 2.05) is 34.6 Å². The molecule has 106 valence electrons. The second-order valence-electron chi connectivity index (χ2n) is 6.14. The number of aryl methyl sites for hydroxylation is 1. The molecule has 0 N–H and O–H groups in total. The molecule has 0 saturated carbocycles. The summed E-state index contributed by atoms with van der Waals surface area (Å²) in [5.41, 5.74) is 1.53. The summed E-state index contributed by atoms with van der Waals surface area (Å²) in [6.45, 7) is 9.97. The van der Waals surface area contributed by atoms with Crippen LogP contribution >= 0.6 is 11.6 Å². The Morgan fingerprint density at radius 3 is 2.40 bits per heavy atom. The molecule has 0 aromatic carbocycles. The van der Waals surface area contributed by atoms with Crippen molar-refractivity contribution in [3.8, 4) is 0 Å². The fourth-order valence-electron chi connectivity index (χ4n) is 2.19. The van der Waals surface area contributed by atoms with E-state index in [2.05, 4.69) is 10.1 Å². The Bertz CT molecular complexity index is 668. The topological polar surface area (TPSA) is 48.7 Å². The molecule has 1 aliphatic heterocycles. The van der Waals surface area contributed by atoms with Crippen LogP contribution in [0.4, 0.5) is 0 Å². The van der Waals surface area contributed by atoms with Gasteiger partial charge < -0.3 is 9.31 Å². The molecular weight excluding hydrogens is 276 g/mol.